The second-order valence-electron chi connectivity index (χ2n) is 6.12. The van der Waals surface area contributed by atoms with Crippen molar-refractivity contribution in [3.63, 3.8) is 0 Å². The summed E-state index contributed by atoms with van der Waals surface area (Å²) in [6.07, 6.45) is 18.2. The number of hydrogen-bond acceptors (Lipinski definition) is 2. The maximum absolute atomic E-state index is 6.14. The molecule has 0 aromatic heterocycles. The summed E-state index contributed by atoms with van der Waals surface area (Å²) in [5.41, 5.74) is 13.6. The van der Waals surface area contributed by atoms with Crippen LogP contribution in [0, 0.1) is 0 Å². The van der Waals surface area contributed by atoms with Crippen molar-refractivity contribution < 1.29 is 0 Å². The van der Waals surface area contributed by atoms with Crippen LogP contribution in [0.1, 0.15) is 84.0 Å². The van der Waals surface area contributed by atoms with Gasteiger partial charge in [0, 0.05) is 12.1 Å². The first-order valence-electron chi connectivity index (χ1n) is 8.45. The maximum atomic E-state index is 6.14. The summed E-state index contributed by atoms with van der Waals surface area (Å²) >= 11 is 0. The molecule has 4 N–H and O–H groups in total. The Morgan fingerprint density at radius 2 is 1.63 bits per heavy atom. The smallest absolute Gasteiger partial charge is 0.0407 e. The largest absolute Gasteiger partial charge is 0.326 e. The summed E-state index contributed by atoms with van der Waals surface area (Å²) in [6, 6.07) is 0.321. The van der Waals surface area contributed by atoms with E-state index in [-0.39, 0.29) is 12.1 Å². The Morgan fingerprint density at radius 1 is 1.00 bits per heavy atom. The van der Waals surface area contributed by atoms with Crippen LogP contribution in [0.15, 0.2) is 11.6 Å². The van der Waals surface area contributed by atoms with Gasteiger partial charge in [-0.1, -0.05) is 63.5 Å². The van der Waals surface area contributed by atoms with Crippen LogP contribution in [0.5, 0.6) is 0 Å². The van der Waals surface area contributed by atoms with E-state index in [1.54, 1.807) is 0 Å². The second kappa shape index (κ2) is 10.4. The summed E-state index contributed by atoms with van der Waals surface area (Å²) in [4.78, 5) is 0. The van der Waals surface area contributed by atoms with E-state index < -0.39 is 0 Å². The molecule has 2 heteroatoms. The van der Waals surface area contributed by atoms with E-state index in [0.29, 0.717) is 0 Å². The third kappa shape index (κ3) is 7.12. The van der Waals surface area contributed by atoms with Crippen molar-refractivity contribution in [2.45, 2.75) is 96.1 Å². The number of rotatable bonds is 9. The molecule has 2 atom stereocenters. The zero-order valence-corrected chi connectivity index (χ0v) is 12.9. The molecular weight excluding hydrogens is 232 g/mol. The van der Waals surface area contributed by atoms with E-state index >= 15 is 0 Å². The lowest BCUT2D eigenvalue weighted by Crippen LogP contribution is -2.45. The molecule has 1 aliphatic carbocycles. The summed E-state index contributed by atoms with van der Waals surface area (Å²) < 4.78 is 0. The first-order chi connectivity index (χ1) is 9.25. The molecule has 1 aliphatic rings. The lowest BCUT2D eigenvalue weighted by molar-refractivity contribution is 0.460. The molecular formula is C17H34N2. The highest BCUT2D eigenvalue weighted by atomic mass is 14.8. The zero-order chi connectivity index (χ0) is 13.9. The molecule has 112 valence electrons. The Morgan fingerprint density at radius 3 is 2.32 bits per heavy atom. The van der Waals surface area contributed by atoms with Gasteiger partial charge >= 0.3 is 0 Å². The summed E-state index contributed by atoms with van der Waals surface area (Å²) in [6.45, 7) is 2.27. The topological polar surface area (TPSA) is 52.0 Å². The van der Waals surface area contributed by atoms with Crippen LogP contribution < -0.4 is 11.5 Å². The highest BCUT2D eigenvalue weighted by Gasteiger charge is 2.21. The zero-order valence-electron chi connectivity index (χ0n) is 12.9. The molecule has 1 saturated carbocycles. The summed E-state index contributed by atoms with van der Waals surface area (Å²) in [5.74, 6) is 0. The number of nitrogens with two attached hydrogens (primary N) is 2. The van der Waals surface area contributed by atoms with Gasteiger partial charge in [-0.15, -0.1) is 0 Å². The highest BCUT2D eigenvalue weighted by Crippen LogP contribution is 2.22. The first kappa shape index (κ1) is 16.7. The minimum Gasteiger partial charge on any atom is -0.326 e. The Hall–Kier alpha value is -0.340. The minimum atomic E-state index is 0.128. The Labute approximate surface area is 120 Å². The Balaban J connectivity index is 2.00. The van der Waals surface area contributed by atoms with Gasteiger partial charge in [-0.25, -0.2) is 0 Å². The van der Waals surface area contributed by atoms with Crippen LogP contribution in [-0.2, 0) is 0 Å². The molecule has 0 bridgehead atoms. The van der Waals surface area contributed by atoms with E-state index in [2.05, 4.69) is 13.0 Å². The predicted molar refractivity (Wildman–Crippen MR) is 85.1 cm³/mol. The van der Waals surface area contributed by atoms with Crippen molar-refractivity contribution in [1.82, 2.24) is 0 Å². The summed E-state index contributed by atoms with van der Waals surface area (Å²) in [5, 5.41) is 0. The van der Waals surface area contributed by atoms with E-state index in [0.717, 1.165) is 6.42 Å². The van der Waals surface area contributed by atoms with Gasteiger partial charge in [0.1, 0.15) is 0 Å². The number of unbranched alkanes of at least 4 members (excludes halogenated alkanes) is 8. The predicted octanol–water partition coefficient (Wildman–Crippen LogP) is 4.28. The molecule has 0 aromatic rings. The fraction of sp³-hybridized carbons (Fsp3) is 0.882. The monoisotopic (exact) mass is 266 g/mol. The fourth-order valence-corrected chi connectivity index (χ4v) is 2.97. The third-order valence-electron chi connectivity index (χ3n) is 4.36. The van der Waals surface area contributed by atoms with E-state index in [1.807, 2.05) is 0 Å². The molecule has 2 unspecified atom stereocenters. The molecule has 0 amide bonds. The van der Waals surface area contributed by atoms with Crippen molar-refractivity contribution in [1.29, 1.82) is 0 Å². The third-order valence-corrected chi connectivity index (χ3v) is 4.36. The van der Waals surface area contributed by atoms with Crippen LogP contribution in [0.3, 0.4) is 0 Å². The van der Waals surface area contributed by atoms with Crippen molar-refractivity contribution in [3.8, 4) is 0 Å². The van der Waals surface area contributed by atoms with Gasteiger partial charge in [0.05, 0.1) is 0 Å². The van der Waals surface area contributed by atoms with Gasteiger partial charge in [-0.2, -0.15) is 0 Å². The molecule has 0 radical (unpaired) electrons. The van der Waals surface area contributed by atoms with Gasteiger partial charge in [0.25, 0.3) is 0 Å². The van der Waals surface area contributed by atoms with Crippen molar-refractivity contribution >= 4 is 0 Å². The lowest BCUT2D eigenvalue weighted by atomic mass is 9.86. The van der Waals surface area contributed by atoms with Crippen LogP contribution in [0.4, 0.5) is 0 Å². The lowest BCUT2D eigenvalue weighted by Gasteiger charge is -2.28. The van der Waals surface area contributed by atoms with Gasteiger partial charge in [0.15, 0.2) is 0 Å². The Bertz CT molecular complexity index is 248. The average molecular weight is 266 g/mol. The quantitative estimate of drug-likeness (QED) is 0.483. The second-order valence-corrected chi connectivity index (χ2v) is 6.12. The molecule has 0 spiro atoms. The molecule has 0 saturated heterocycles. The van der Waals surface area contributed by atoms with Gasteiger partial charge in [0.2, 0.25) is 0 Å². The van der Waals surface area contributed by atoms with Crippen LogP contribution >= 0.6 is 0 Å². The van der Waals surface area contributed by atoms with Gasteiger partial charge < -0.3 is 11.5 Å². The maximum Gasteiger partial charge on any atom is 0.0407 e. The van der Waals surface area contributed by atoms with Crippen LogP contribution in [-0.4, -0.2) is 12.1 Å². The first-order valence-corrected chi connectivity index (χ1v) is 8.45. The molecule has 0 aromatic carbocycles. The van der Waals surface area contributed by atoms with Crippen LogP contribution in [0.25, 0.3) is 0 Å². The molecule has 1 rings (SSSR count). The normalized spacial score (nSPS) is 25.9. The van der Waals surface area contributed by atoms with Crippen molar-refractivity contribution in [3.05, 3.63) is 11.6 Å². The van der Waals surface area contributed by atoms with Crippen molar-refractivity contribution in [2.75, 3.05) is 0 Å². The van der Waals surface area contributed by atoms with Crippen molar-refractivity contribution in [2.24, 2.45) is 11.5 Å². The van der Waals surface area contributed by atoms with E-state index in [1.165, 1.54) is 76.2 Å². The van der Waals surface area contributed by atoms with E-state index in [4.69, 9.17) is 11.5 Å². The molecule has 2 nitrogen and oxygen atoms in total. The van der Waals surface area contributed by atoms with Gasteiger partial charge in [-0.3, -0.25) is 0 Å². The highest BCUT2D eigenvalue weighted by molar-refractivity contribution is 5.15. The van der Waals surface area contributed by atoms with Gasteiger partial charge in [-0.05, 0) is 32.1 Å². The molecule has 0 aliphatic heterocycles. The Kier molecular flexibility index (Phi) is 9.19. The standard InChI is InChI=1S/C17H34N2/c1-2-3-4-5-6-7-8-9-10-12-15-13-11-14-16(18)17(15)19/h12,16-17H,2-11,13-14,18-19H2,1H3. The fourth-order valence-electron chi connectivity index (χ4n) is 2.97. The van der Waals surface area contributed by atoms with Crippen LogP contribution in [0.2, 0.25) is 0 Å². The SMILES string of the molecule is CCCCCCCCCCC=C1CCCC(N)C1N. The summed E-state index contributed by atoms with van der Waals surface area (Å²) in [7, 11) is 0. The van der Waals surface area contributed by atoms with E-state index in [9.17, 15) is 0 Å². The molecule has 0 heterocycles. The average Bonchev–Trinajstić information content (AvgIpc) is 2.41. The molecule has 19 heavy (non-hydrogen) atoms. The minimum absolute atomic E-state index is 0.128. The number of allylic oxidation sites excluding steroid dienone is 1. The molecule has 1 fully saturated rings. The number of hydrogen-bond donors (Lipinski definition) is 2.